The van der Waals surface area contributed by atoms with Crippen LogP contribution in [0.25, 0.3) is 21.3 Å². The van der Waals surface area contributed by atoms with Crippen LogP contribution < -0.4 is 20.3 Å². The number of nitrogens with one attached hydrogen (secondary N) is 2. The van der Waals surface area contributed by atoms with Crippen LogP contribution in [-0.2, 0) is 7.05 Å². The number of ether oxygens (including phenoxy) is 1. The molecule has 0 saturated heterocycles. The molecule has 0 spiro atoms. The number of halogens is 3. The zero-order chi connectivity index (χ0) is 28.5. The Hall–Kier alpha value is -3.62. The first kappa shape index (κ1) is 28.4. The highest BCUT2D eigenvalue weighted by Crippen LogP contribution is 2.34. The lowest BCUT2D eigenvalue weighted by Crippen LogP contribution is -2.40. The van der Waals surface area contributed by atoms with Crippen molar-refractivity contribution in [1.82, 2.24) is 24.8 Å². The van der Waals surface area contributed by atoms with E-state index in [1.54, 1.807) is 25.1 Å². The van der Waals surface area contributed by atoms with Crippen LogP contribution in [0.1, 0.15) is 24.2 Å². The third-order valence-corrected chi connectivity index (χ3v) is 7.13. The second-order valence-electron chi connectivity index (χ2n) is 9.00. The summed E-state index contributed by atoms with van der Waals surface area (Å²) in [6.07, 6.45) is -5.61. The summed E-state index contributed by atoms with van der Waals surface area (Å²) >= 11 is 1.16. The number of alkyl halides is 3. The monoisotopic (exact) mass is 565 g/mol. The highest BCUT2D eigenvalue weighted by Gasteiger charge is 2.31. The second-order valence-corrected chi connectivity index (χ2v) is 10.0. The SMILES string of the molecule is CCN(CC)c1cc2c(cc1C(=O)NCC(O)N(C)C)nc(Nc1nc3ccc(OC(F)(F)F)cc3s1)n2C. The molecule has 0 aliphatic carbocycles. The van der Waals surface area contributed by atoms with Crippen LogP contribution in [0, 0.1) is 0 Å². The molecule has 39 heavy (non-hydrogen) atoms. The van der Waals surface area contributed by atoms with E-state index in [2.05, 4.69) is 30.2 Å². The van der Waals surface area contributed by atoms with Gasteiger partial charge in [-0.05, 0) is 52.2 Å². The highest BCUT2D eigenvalue weighted by molar-refractivity contribution is 7.22. The normalized spacial score (nSPS) is 12.8. The van der Waals surface area contributed by atoms with Crippen molar-refractivity contribution in [3.63, 3.8) is 0 Å². The van der Waals surface area contributed by atoms with Crippen LogP contribution in [0.5, 0.6) is 5.75 Å². The number of aliphatic hydroxyl groups excluding tert-OH is 1. The fourth-order valence-corrected chi connectivity index (χ4v) is 4.95. The molecular weight excluding hydrogens is 535 g/mol. The van der Waals surface area contributed by atoms with Crippen molar-refractivity contribution < 1.29 is 27.8 Å². The van der Waals surface area contributed by atoms with Crippen molar-refractivity contribution in [3.8, 4) is 5.75 Å². The Bertz CT molecular complexity index is 1480. The first-order chi connectivity index (χ1) is 18.4. The van der Waals surface area contributed by atoms with Gasteiger partial charge < -0.3 is 29.9 Å². The number of nitrogens with zero attached hydrogens (tertiary/aromatic N) is 5. The topological polar surface area (TPSA) is 108 Å². The molecular formula is C25H30F3N7O3S. The van der Waals surface area contributed by atoms with Crippen molar-refractivity contribution in [3.05, 3.63) is 35.9 Å². The van der Waals surface area contributed by atoms with E-state index in [0.717, 1.165) is 22.5 Å². The molecule has 2 aromatic carbocycles. The molecule has 0 saturated carbocycles. The lowest BCUT2D eigenvalue weighted by Gasteiger charge is -2.25. The average Bonchev–Trinajstić information content (AvgIpc) is 3.41. The Morgan fingerprint density at radius 1 is 1.15 bits per heavy atom. The third-order valence-electron chi connectivity index (χ3n) is 6.20. The first-order valence-corrected chi connectivity index (χ1v) is 13.0. The molecule has 4 rings (SSSR count). The number of carbonyl (C=O) groups excluding carboxylic acids is 1. The molecule has 2 heterocycles. The van der Waals surface area contributed by atoms with Crippen molar-refractivity contribution in [2.45, 2.75) is 26.4 Å². The number of benzene rings is 2. The van der Waals surface area contributed by atoms with Crippen LogP contribution >= 0.6 is 11.3 Å². The van der Waals surface area contributed by atoms with Crippen molar-refractivity contribution in [1.29, 1.82) is 0 Å². The van der Waals surface area contributed by atoms with E-state index in [4.69, 9.17) is 0 Å². The summed E-state index contributed by atoms with van der Waals surface area (Å²) in [7, 11) is 5.25. The minimum Gasteiger partial charge on any atom is -0.406 e. The summed E-state index contributed by atoms with van der Waals surface area (Å²) in [5, 5.41) is 16.4. The molecule has 1 unspecified atom stereocenters. The van der Waals surface area contributed by atoms with Crippen LogP contribution in [0.15, 0.2) is 30.3 Å². The molecule has 210 valence electrons. The molecule has 0 aliphatic heterocycles. The molecule has 3 N–H and O–H groups in total. The van der Waals surface area contributed by atoms with E-state index < -0.39 is 12.6 Å². The van der Waals surface area contributed by atoms with Gasteiger partial charge in [0.15, 0.2) is 5.13 Å². The zero-order valence-corrected chi connectivity index (χ0v) is 22.9. The van der Waals surface area contributed by atoms with Gasteiger partial charge in [0.05, 0.1) is 39.0 Å². The zero-order valence-electron chi connectivity index (χ0n) is 22.1. The maximum Gasteiger partial charge on any atom is 0.573 e. The Kier molecular flexibility index (Phi) is 8.18. The van der Waals surface area contributed by atoms with Gasteiger partial charge in [-0.3, -0.25) is 9.69 Å². The minimum absolute atomic E-state index is 0.0594. The van der Waals surface area contributed by atoms with Crippen molar-refractivity contribution in [2.75, 3.05) is 43.9 Å². The van der Waals surface area contributed by atoms with Crippen molar-refractivity contribution >= 4 is 55.3 Å². The van der Waals surface area contributed by atoms with E-state index in [1.165, 1.54) is 18.2 Å². The van der Waals surface area contributed by atoms with E-state index >= 15 is 0 Å². The molecule has 0 bridgehead atoms. The van der Waals surface area contributed by atoms with Gasteiger partial charge in [-0.1, -0.05) is 11.3 Å². The molecule has 2 aromatic heterocycles. The van der Waals surface area contributed by atoms with Crippen LogP contribution in [-0.4, -0.2) is 76.8 Å². The average molecular weight is 566 g/mol. The van der Waals surface area contributed by atoms with Gasteiger partial charge >= 0.3 is 6.36 Å². The number of fused-ring (bicyclic) bond motifs is 2. The standard InChI is InChI=1S/C25H30F3N7O3S/c1-6-35(7-2)18-12-19-17(11-15(18)22(37)29-13-21(36)33(3)4)30-23(34(19)5)32-24-31-16-9-8-14(10-20(16)39-24)38-25(26,27)28/h8-12,21,36H,6-7,13H2,1-5H3,(H,29,37)(H,30,31,32). The Morgan fingerprint density at radius 2 is 1.87 bits per heavy atom. The van der Waals surface area contributed by atoms with Gasteiger partial charge in [-0.15, -0.1) is 13.2 Å². The van der Waals surface area contributed by atoms with Gasteiger partial charge in [-0.25, -0.2) is 9.97 Å². The number of imidazole rings is 1. The second kappa shape index (κ2) is 11.2. The third kappa shape index (κ3) is 6.34. The number of likely N-dealkylation sites (N-methyl/N-ethyl adjacent to an activating group) is 1. The summed E-state index contributed by atoms with van der Waals surface area (Å²) in [5.41, 5.74) is 3.01. The predicted molar refractivity (Wildman–Crippen MR) is 146 cm³/mol. The molecule has 14 heteroatoms. The lowest BCUT2D eigenvalue weighted by molar-refractivity contribution is -0.274. The summed E-state index contributed by atoms with van der Waals surface area (Å²) in [6, 6.07) is 7.57. The van der Waals surface area contributed by atoms with Crippen LogP contribution in [0.4, 0.5) is 29.9 Å². The van der Waals surface area contributed by atoms with Crippen LogP contribution in [0.2, 0.25) is 0 Å². The number of aryl methyl sites for hydroxylation is 1. The number of aliphatic hydroxyl groups is 1. The Labute approximate surface area is 227 Å². The number of rotatable bonds is 10. The summed E-state index contributed by atoms with van der Waals surface area (Å²) in [5.74, 6) is -0.203. The summed E-state index contributed by atoms with van der Waals surface area (Å²) in [4.78, 5) is 25.9. The Balaban J connectivity index is 1.67. The predicted octanol–water partition coefficient (Wildman–Crippen LogP) is 4.28. The summed E-state index contributed by atoms with van der Waals surface area (Å²) in [6.45, 7) is 5.41. The molecule has 0 radical (unpaired) electrons. The highest BCUT2D eigenvalue weighted by atomic mass is 32.1. The fourth-order valence-electron chi connectivity index (χ4n) is 4.06. The largest absolute Gasteiger partial charge is 0.573 e. The van der Waals surface area contributed by atoms with Crippen molar-refractivity contribution in [2.24, 2.45) is 7.05 Å². The van der Waals surface area contributed by atoms with E-state index in [1.807, 2.05) is 31.5 Å². The molecule has 0 fully saturated rings. The van der Waals surface area contributed by atoms with Gasteiger partial charge in [0, 0.05) is 26.2 Å². The number of hydrogen-bond donors (Lipinski definition) is 3. The number of anilines is 3. The number of hydrogen-bond acceptors (Lipinski definition) is 9. The number of aromatic nitrogens is 3. The minimum atomic E-state index is -4.78. The molecule has 1 amide bonds. The van der Waals surface area contributed by atoms with E-state index in [-0.39, 0.29) is 18.2 Å². The maximum absolute atomic E-state index is 13.2. The van der Waals surface area contributed by atoms with Gasteiger partial charge in [0.25, 0.3) is 5.91 Å². The van der Waals surface area contributed by atoms with Crippen LogP contribution in [0.3, 0.4) is 0 Å². The quantitative estimate of drug-likeness (QED) is 0.245. The number of thiazole rings is 1. The number of carbonyl (C=O) groups is 1. The maximum atomic E-state index is 13.2. The fraction of sp³-hybridized carbons (Fsp3) is 0.400. The Morgan fingerprint density at radius 3 is 2.51 bits per heavy atom. The van der Waals surface area contributed by atoms with Gasteiger partial charge in [0.1, 0.15) is 12.0 Å². The van der Waals surface area contributed by atoms with E-state index in [0.29, 0.717) is 45.5 Å². The molecule has 1 atom stereocenters. The van der Waals surface area contributed by atoms with E-state index in [9.17, 15) is 23.1 Å². The molecule has 10 nitrogen and oxygen atoms in total. The first-order valence-electron chi connectivity index (χ1n) is 12.2. The van der Waals surface area contributed by atoms with Gasteiger partial charge in [-0.2, -0.15) is 0 Å². The lowest BCUT2D eigenvalue weighted by atomic mass is 10.1. The van der Waals surface area contributed by atoms with Gasteiger partial charge in [0.2, 0.25) is 5.95 Å². The summed E-state index contributed by atoms with van der Waals surface area (Å²) < 4.78 is 44.1. The molecule has 0 aliphatic rings. The number of amides is 1. The molecule has 4 aromatic rings. The smallest absolute Gasteiger partial charge is 0.406 e.